The molecule has 1 aliphatic carbocycles. The summed E-state index contributed by atoms with van der Waals surface area (Å²) in [6, 6.07) is 9.20. The summed E-state index contributed by atoms with van der Waals surface area (Å²) < 4.78 is 5.21. The molecule has 21 heavy (non-hydrogen) atoms. The van der Waals surface area contributed by atoms with Crippen LogP contribution in [0.1, 0.15) is 37.7 Å². The fourth-order valence-corrected chi connectivity index (χ4v) is 4.16. The predicted octanol–water partition coefficient (Wildman–Crippen LogP) is 2.75. The fraction of sp³-hybridized carbons (Fsp3) is 0.667. The Morgan fingerprint density at radius 2 is 1.95 bits per heavy atom. The molecule has 1 spiro atoms. The van der Waals surface area contributed by atoms with Gasteiger partial charge in [-0.15, -0.1) is 0 Å². The van der Waals surface area contributed by atoms with Crippen LogP contribution in [0.5, 0.6) is 5.75 Å². The minimum Gasteiger partial charge on any atom is -0.497 e. The maximum Gasteiger partial charge on any atom is 0.118 e. The first kappa shape index (κ1) is 14.9. The molecule has 1 aromatic rings. The van der Waals surface area contributed by atoms with Gasteiger partial charge in [-0.3, -0.25) is 0 Å². The van der Waals surface area contributed by atoms with Crippen LogP contribution in [0.2, 0.25) is 0 Å². The molecule has 116 valence electrons. The van der Waals surface area contributed by atoms with Crippen molar-refractivity contribution in [3.05, 3.63) is 29.8 Å². The highest BCUT2D eigenvalue weighted by atomic mass is 16.5. The van der Waals surface area contributed by atoms with Gasteiger partial charge in [0.1, 0.15) is 5.75 Å². The quantitative estimate of drug-likeness (QED) is 0.874. The number of ether oxygens (including phenoxy) is 1. The summed E-state index contributed by atoms with van der Waals surface area (Å²) in [5, 5.41) is 7.37. The van der Waals surface area contributed by atoms with Crippen LogP contribution < -0.4 is 15.4 Å². The first-order valence-corrected chi connectivity index (χ1v) is 8.39. The third-order valence-corrected chi connectivity index (χ3v) is 5.47. The third kappa shape index (κ3) is 3.41. The second kappa shape index (κ2) is 6.80. The van der Waals surface area contributed by atoms with Gasteiger partial charge in [0.15, 0.2) is 0 Å². The molecule has 0 aromatic heterocycles. The molecule has 1 atom stereocenters. The SMILES string of the molecule is COc1ccc(CCN[C@@H]2CCCC23CCNCC3)cc1. The van der Waals surface area contributed by atoms with Crippen LogP contribution in [0.15, 0.2) is 24.3 Å². The van der Waals surface area contributed by atoms with Gasteiger partial charge in [0.2, 0.25) is 0 Å². The summed E-state index contributed by atoms with van der Waals surface area (Å²) in [5.74, 6) is 0.941. The maximum absolute atomic E-state index is 5.21. The number of methoxy groups -OCH3 is 1. The minimum atomic E-state index is 0.588. The molecule has 1 saturated heterocycles. The second-order valence-corrected chi connectivity index (χ2v) is 6.61. The van der Waals surface area contributed by atoms with Crippen LogP contribution >= 0.6 is 0 Å². The van der Waals surface area contributed by atoms with Gasteiger partial charge in [-0.25, -0.2) is 0 Å². The number of hydrogen-bond donors (Lipinski definition) is 2. The van der Waals surface area contributed by atoms with E-state index in [0.29, 0.717) is 5.41 Å². The number of hydrogen-bond acceptors (Lipinski definition) is 3. The number of rotatable bonds is 5. The summed E-state index contributed by atoms with van der Waals surface area (Å²) in [4.78, 5) is 0. The van der Waals surface area contributed by atoms with Crippen LogP contribution in [0.4, 0.5) is 0 Å². The minimum absolute atomic E-state index is 0.588. The van der Waals surface area contributed by atoms with Crippen LogP contribution in [0.3, 0.4) is 0 Å². The van der Waals surface area contributed by atoms with E-state index in [1.54, 1.807) is 7.11 Å². The standard InChI is InChI=1S/C18H28N2O/c1-21-16-6-4-15(5-7-16)8-12-20-17-3-2-9-18(17)10-13-19-14-11-18/h4-7,17,19-20H,2-3,8-14H2,1H3/t17-/m1/s1. The van der Waals surface area contributed by atoms with E-state index in [1.165, 1.54) is 50.8 Å². The van der Waals surface area contributed by atoms with E-state index in [0.717, 1.165) is 24.8 Å². The van der Waals surface area contributed by atoms with Gasteiger partial charge in [-0.05, 0) is 74.8 Å². The lowest BCUT2D eigenvalue weighted by Gasteiger charge is -2.40. The van der Waals surface area contributed by atoms with E-state index in [9.17, 15) is 0 Å². The molecule has 1 aromatic carbocycles. The Morgan fingerprint density at radius 1 is 1.19 bits per heavy atom. The Bertz CT molecular complexity index is 437. The van der Waals surface area contributed by atoms with Gasteiger partial charge in [0.25, 0.3) is 0 Å². The molecule has 3 rings (SSSR count). The Labute approximate surface area is 128 Å². The Kier molecular flexibility index (Phi) is 4.81. The summed E-state index contributed by atoms with van der Waals surface area (Å²) in [6.45, 7) is 3.50. The molecule has 0 radical (unpaired) electrons. The van der Waals surface area contributed by atoms with Crippen molar-refractivity contribution in [2.45, 2.75) is 44.6 Å². The first-order chi connectivity index (χ1) is 10.3. The zero-order chi connectivity index (χ0) is 14.5. The Morgan fingerprint density at radius 3 is 2.67 bits per heavy atom. The van der Waals surface area contributed by atoms with E-state index in [1.807, 2.05) is 0 Å². The molecule has 2 aliphatic rings. The molecule has 2 N–H and O–H groups in total. The monoisotopic (exact) mass is 288 g/mol. The van der Waals surface area contributed by atoms with E-state index < -0.39 is 0 Å². The lowest BCUT2D eigenvalue weighted by Crippen LogP contribution is -2.48. The van der Waals surface area contributed by atoms with Crippen LogP contribution in [0, 0.1) is 5.41 Å². The molecule has 1 aliphatic heterocycles. The van der Waals surface area contributed by atoms with Gasteiger partial charge in [-0.2, -0.15) is 0 Å². The van der Waals surface area contributed by atoms with Crippen LogP contribution in [-0.4, -0.2) is 32.8 Å². The summed E-state index contributed by atoms with van der Waals surface area (Å²) in [5.41, 5.74) is 1.98. The van der Waals surface area contributed by atoms with Gasteiger partial charge >= 0.3 is 0 Å². The highest BCUT2D eigenvalue weighted by Gasteiger charge is 2.42. The zero-order valence-electron chi connectivity index (χ0n) is 13.2. The first-order valence-electron chi connectivity index (χ1n) is 8.39. The van der Waals surface area contributed by atoms with Gasteiger partial charge < -0.3 is 15.4 Å². The maximum atomic E-state index is 5.21. The molecular weight excluding hydrogens is 260 g/mol. The number of nitrogens with one attached hydrogen (secondary N) is 2. The average Bonchev–Trinajstić information content (AvgIpc) is 2.91. The molecule has 2 fully saturated rings. The Balaban J connectivity index is 1.50. The molecule has 0 bridgehead atoms. The van der Waals surface area contributed by atoms with Crippen molar-refractivity contribution in [1.82, 2.24) is 10.6 Å². The summed E-state index contributed by atoms with van der Waals surface area (Å²) in [6.07, 6.45) is 8.01. The fourth-order valence-electron chi connectivity index (χ4n) is 4.16. The molecule has 3 heteroatoms. The molecule has 0 amide bonds. The van der Waals surface area contributed by atoms with Gasteiger partial charge in [0, 0.05) is 6.04 Å². The highest BCUT2D eigenvalue weighted by molar-refractivity contribution is 5.27. The predicted molar refractivity (Wildman–Crippen MR) is 86.9 cm³/mol. The van der Waals surface area contributed by atoms with E-state index >= 15 is 0 Å². The zero-order valence-corrected chi connectivity index (χ0v) is 13.2. The highest BCUT2D eigenvalue weighted by Crippen LogP contribution is 2.45. The summed E-state index contributed by atoms with van der Waals surface area (Å²) in [7, 11) is 1.72. The van der Waals surface area contributed by atoms with Crippen molar-refractivity contribution in [2.75, 3.05) is 26.7 Å². The van der Waals surface area contributed by atoms with Crippen molar-refractivity contribution >= 4 is 0 Å². The molecular formula is C18H28N2O. The molecule has 1 heterocycles. The lowest BCUT2D eigenvalue weighted by atomic mass is 9.74. The Hall–Kier alpha value is -1.06. The molecule has 0 unspecified atom stereocenters. The molecule has 1 saturated carbocycles. The number of benzene rings is 1. The normalized spacial score (nSPS) is 24.3. The third-order valence-electron chi connectivity index (χ3n) is 5.47. The molecule has 3 nitrogen and oxygen atoms in total. The number of piperidine rings is 1. The smallest absolute Gasteiger partial charge is 0.118 e. The van der Waals surface area contributed by atoms with Crippen molar-refractivity contribution in [1.29, 1.82) is 0 Å². The van der Waals surface area contributed by atoms with Gasteiger partial charge in [0.05, 0.1) is 7.11 Å². The van der Waals surface area contributed by atoms with Crippen LogP contribution in [0.25, 0.3) is 0 Å². The van der Waals surface area contributed by atoms with Gasteiger partial charge in [-0.1, -0.05) is 18.6 Å². The average molecular weight is 288 g/mol. The van der Waals surface area contributed by atoms with E-state index in [4.69, 9.17) is 4.74 Å². The van der Waals surface area contributed by atoms with Crippen molar-refractivity contribution in [2.24, 2.45) is 5.41 Å². The van der Waals surface area contributed by atoms with Crippen molar-refractivity contribution in [3.8, 4) is 5.75 Å². The van der Waals surface area contributed by atoms with Crippen molar-refractivity contribution in [3.63, 3.8) is 0 Å². The summed E-state index contributed by atoms with van der Waals surface area (Å²) >= 11 is 0. The largest absolute Gasteiger partial charge is 0.497 e. The van der Waals surface area contributed by atoms with Crippen molar-refractivity contribution < 1.29 is 4.74 Å². The second-order valence-electron chi connectivity index (χ2n) is 6.61. The van der Waals surface area contributed by atoms with E-state index in [-0.39, 0.29) is 0 Å². The van der Waals surface area contributed by atoms with E-state index in [2.05, 4.69) is 34.9 Å². The topological polar surface area (TPSA) is 33.3 Å². The lowest BCUT2D eigenvalue weighted by molar-refractivity contribution is 0.160. The van der Waals surface area contributed by atoms with Crippen LogP contribution in [-0.2, 0) is 6.42 Å².